The molecule has 0 radical (unpaired) electrons. The second-order valence-corrected chi connectivity index (χ2v) is 2.99. The van der Waals surface area contributed by atoms with E-state index in [-0.39, 0.29) is 6.04 Å². The topological polar surface area (TPSA) is 47.0 Å². The number of hydrogen-bond acceptors (Lipinski definition) is 4. The standard InChI is InChI=1S/C10H15N3O/c1-4-5-8(2)12-10-11-7-6-9(13-10)14-3/h4,6-8H,1,5H2,2-3H3,(H,11,12,13). The largest absolute Gasteiger partial charge is 0.481 e. The van der Waals surface area contributed by atoms with Gasteiger partial charge in [-0.1, -0.05) is 6.08 Å². The number of ether oxygens (including phenoxy) is 1. The van der Waals surface area contributed by atoms with Crippen molar-refractivity contribution in [2.24, 2.45) is 0 Å². The summed E-state index contributed by atoms with van der Waals surface area (Å²) in [4.78, 5) is 8.21. The molecule has 0 amide bonds. The lowest BCUT2D eigenvalue weighted by atomic mass is 10.2. The molecule has 0 saturated heterocycles. The first-order chi connectivity index (χ1) is 6.76. The summed E-state index contributed by atoms with van der Waals surface area (Å²) in [6.07, 6.45) is 4.40. The van der Waals surface area contributed by atoms with Crippen molar-refractivity contribution in [3.8, 4) is 5.88 Å². The lowest BCUT2D eigenvalue weighted by Gasteiger charge is -2.11. The van der Waals surface area contributed by atoms with Crippen LogP contribution in [0.3, 0.4) is 0 Å². The summed E-state index contributed by atoms with van der Waals surface area (Å²) in [5.41, 5.74) is 0. The van der Waals surface area contributed by atoms with Crippen LogP contribution in [-0.2, 0) is 0 Å². The number of methoxy groups -OCH3 is 1. The lowest BCUT2D eigenvalue weighted by Crippen LogP contribution is -2.15. The van der Waals surface area contributed by atoms with E-state index in [0.29, 0.717) is 11.8 Å². The van der Waals surface area contributed by atoms with Crippen molar-refractivity contribution >= 4 is 5.95 Å². The Labute approximate surface area is 84.0 Å². The van der Waals surface area contributed by atoms with Crippen LogP contribution in [0, 0.1) is 0 Å². The van der Waals surface area contributed by atoms with Crippen LogP contribution < -0.4 is 10.1 Å². The predicted molar refractivity (Wildman–Crippen MR) is 56.5 cm³/mol. The molecule has 4 nitrogen and oxygen atoms in total. The van der Waals surface area contributed by atoms with Crippen molar-refractivity contribution in [1.29, 1.82) is 0 Å². The van der Waals surface area contributed by atoms with Gasteiger partial charge in [0.2, 0.25) is 11.8 Å². The van der Waals surface area contributed by atoms with Crippen LogP contribution in [0.1, 0.15) is 13.3 Å². The second-order valence-electron chi connectivity index (χ2n) is 2.99. The van der Waals surface area contributed by atoms with Crippen molar-refractivity contribution in [2.75, 3.05) is 12.4 Å². The number of anilines is 1. The normalized spacial score (nSPS) is 11.9. The van der Waals surface area contributed by atoms with Gasteiger partial charge < -0.3 is 10.1 Å². The summed E-state index contributed by atoms with van der Waals surface area (Å²) < 4.78 is 4.99. The highest BCUT2D eigenvalue weighted by atomic mass is 16.5. The highest BCUT2D eigenvalue weighted by Gasteiger charge is 2.02. The summed E-state index contributed by atoms with van der Waals surface area (Å²) in [5, 5.41) is 3.14. The maximum Gasteiger partial charge on any atom is 0.226 e. The Morgan fingerprint density at radius 3 is 3.14 bits per heavy atom. The fourth-order valence-corrected chi connectivity index (χ4v) is 1.05. The summed E-state index contributed by atoms with van der Waals surface area (Å²) in [6.45, 7) is 5.72. The fourth-order valence-electron chi connectivity index (χ4n) is 1.05. The Bertz CT molecular complexity index is 301. The molecule has 4 heteroatoms. The van der Waals surface area contributed by atoms with Gasteiger partial charge >= 0.3 is 0 Å². The van der Waals surface area contributed by atoms with Gasteiger partial charge in [-0.05, 0) is 13.3 Å². The first-order valence-electron chi connectivity index (χ1n) is 4.50. The highest BCUT2D eigenvalue weighted by Crippen LogP contribution is 2.08. The van der Waals surface area contributed by atoms with E-state index < -0.39 is 0 Å². The molecule has 0 fully saturated rings. The Balaban J connectivity index is 2.61. The third kappa shape index (κ3) is 3.05. The van der Waals surface area contributed by atoms with Gasteiger partial charge in [0, 0.05) is 18.3 Å². The molecule has 14 heavy (non-hydrogen) atoms. The van der Waals surface area contributed by atoms with E-state index in [1.165, 1.54) is 0 Å². The Morgan fingerprint density at radius 2 is 2.50 bits per heavy atom. The van der Waals surface area contributed by atoms with E-state index >= 15 is 0 Å². The molecule has 0 aliphatic heterocycles. The molecular weight excluding hydrogens is 178 g/mol. The molecule has 0 aromatic carbocycles. The van der Waals surface area contributed by atoms with Crippen molar-refractivity contribution in [2.45, 2.75) is 19.4 Å². The number of rotatable bonds is 5. The van der Waals surface area contributed by atoms with Gasteiger partial charge in [0.1, 0.15) is 0 Å². The molecule has 1 unspecified atom stereocenters. The van der Waals surface area contributed by atoms with E-state index in [9.17, 15) is 0 Å². The third-order valence-electron chi connectivity index (χ3n) is 1.73. The van der Waals surface area contributed by atoms with Gasteiger partial charge in [0.05, 0.1) is 7.11 Å². The van der Waals surface area contributed by atoms with Gasteiger partial charge in [-0.2, -0.15) is 4.98 Å². The van der Waals surface area contributed by atoms with Crippen LogP contribution in [0.4, 0.5) is 5.95 Å². The predicted octanol–water partition coefficient (Wildman–Crippen LogP) is 1.86. The van der Waals surface area contributed by atoms with Crippen molar-refractivity contribution in [1.82, 2.24) is 9.97 Å². The monoisotopic (exact) mass is 193 g/mol. The number of aromatic nitrogens is 2. The van der Waals surface area contributed by atoms with Crippen LogP contribution in [0.25, 0.3) is 0 Å². The lowest BCUT2D eigenvalue weighted by molar-refractivity contribution is 0.397. The second kappa shape index (κ2) is 5.21. The first-order valence-corrected chi connectivity index (χ1v) is 4.50. The molecule has 1 heterocycles. The average Bonchev–Trinajstić information content (AvgIpc) is 2.18. The smallest absolute Gasteiger partial charge is 0.226 e. The molecule has 1 aromatic rings. The van der Waals surface area contributed by atoms with E-state index in [4.69, 9.17) is 4.74 Å². The van der Waals surface area contributed by atoms with Crippen LogP contribution in [-0.4, -0.2) is 23.1 Å². The van der Waals surface area contributed by atoms with Crippen LogP contribution in [0.5, 0.6) is 5.88 Å². The van der Waals surface area contributed by atoms with Crippen LogP contribution in [0.2, 0.25) is 0 Å². The molecule has 0 bridgehead atoms. The maximum absolute atomic E-state index is 4.99. The zero-order valence-electron chi connectivity index (χ0n) is 8.53. The highest BCUT2D eigenvalue weighted by molar-refractivity contribution is 5.28. The van der Waals surface area contributed by atoms with Gasteiger partial charge in [0.15, 0.2) is 0 Å². The molecule has 0 spiro atoms. The minimum atomic E-state index is 0.277. The maximum atomic E-state index is 4.99. The van der Waals surface area contributed by atoms with E-state index in [1.54, 1.807) is 19.4 Å². The molecule has 1 aromatic heterocycles. The molecule has 0 saturated carbocycles. The SMILES string of the molecule is C=CCC(C)Nc1nccc(OC)n1. The van der Waals surface area contributed by atoms with Crippen molar-refractivity contribution in [3.05, 3.63) is 24.9 Å². The molecule has 1 rings (SSSR count). The van der Waals surface area contributed by atoms with E-state index in [0.717, 1.165) is 6.42 Å². The summed E-state index contributed by atoms with van der Waals surface area (Å²) in [7, 11) is 1.58. The Hall–Kier alpha value is -1.58. The number of nitrogens with zero attached hydrogens (tertiary/aromatic N) is 2. The molecule has 1 atom stereocenters. The molecule has 0 aliphatic rings. The van der Waals surface area contributed by atoms with Gasteiger partial charge in [0.25, 0.3) is 0 Å². The Kier molecular flexibility index (Phi) is 3.91. The zero-order valence-corrected chi connectivity index (χ0v) is 8.53. The van der Waals surface area contributed by atoms with E-state index in [1.807, 2.05) is 13.0 Å². The van der Waals surface area contributed by atoms with Gasteiger partial charge in [-0.3, -0.25) is 0 Å². The van der Waals surface area contributed by atoms with Gasteiger partial charge in [-0.15, -0.1) is 6.58 Å². The minimum Gasteiger partial charge on any atom is -0.481 e. The summed E-state index contributed by atoms with van der Waals surface area (Å²) >= 11 is 0. The fraction of sp³-hybridized carbons (Fsp3) is 0.400. The number of hydrogen-bond donors (Lipinski definition) is 1. The third-order valence-corrected chi connectivity index (χ3v) is 1.73. The van der Waals surface area contributed by atoms with Crippen molar-refractivity contribution in [3.63, 3.8) is 0 Å². The average molecular weight is 193 g/mol. The zero-order chi connectivity index (χ0) is 10.4. The van der Waals surface area contributed by atoms with E-state index in [2.05, 4.69) is 21.9 Å². The summed E-state index contributed by atoms with van der Waals surface area (Å²) in [6, 6.07) is 1.99. The molecule has 76 valence electrons. The van der Waals surface area contributed by atoms with Crippen LogP contribution in [0.15, 0.2) is 24.9 Å². The summed E-state index contributed by atoms with van der Waals surface area (Å²) in [5.74, 6) is 1.15. The van der Waals surface area contributed by atoms with Crippen LogP contribution >= 0.6 is 0 Å². The Morgan fingerprint density at radius 1 is 1.71 bits per heavy atom. The van der Waals surface area contributed by atoms with Gasteiger partial charge in [-0.25, -0.2) is 4.98 Å². The quantitative estimate of drug-likeness (QED) is 0.725. The van der Waals surface area contributed by atoms with Crippen molar-refractivity contribution < 1.29 is 4.74 Å². The first kappa shape index (κ1) is 10.5. The molecule has 0 aliphatic carbocycles. The molecule has 1 N–H and O–H groups in total. The number of nitrogens with one attached hydrogen (secondary N) is 1. The minimum absolute atomic E-state index is 0.277. The molecular formula is C10H15N3O.